The molecule has 9 heteroatoms. The maximum atomic E-state index is 12.1. The van der Waals surface area contributed by atoms with Gasteiger partial charge in [-0.05, 0) is 25.0 Å². The van der Waals surface area contributed by atoms with E-state index >= 15 is 0 Å². The Morgan fingerprint density at radius 2 is 2.39 bits per heavy atom. The molecule has 2 aromatic heterocycles. The van der Waals surface area contributed by atoms with E-state index in [0.717, 1.165) is 6.26 Å². The van der Waals surface area contributed by atoms with Crippen LogP contribution in [0.1, 0.15) is 18.5 Å². The third-order valence-corrected chi connectivity index (χ3v) is 5.74. The van der Waals surface area contributed by atoms with Gasteiger partial charge in [-0.1, -0.05) is 0 Å². The van der Waals surface area contributed by atoms with Crippen molar-refractivity contribution < 1.29 is 22.4 Å². The lowest BCUT2D eigenvalue weighted by molar-refractivity contribution is -0.148. The minimum Gasteiger partial charge on any atom is -0.462 e. The number of furan rings is 1. The van der Waals surface area contributed by atoms with Crippen molar-refractivity contribution in [2.45, 2.75) is 25.5 Å². The van der Waals surface area contributed by atoms with Crippen molar-refractivity contribution in [3.8, 4) is 10.8 Å². The van der Waals surface area contributed by atoms with E-state index in [9.17, 15) is 13.2 Å². The highest BCUT2D eigenvalue weighted by atomic mass is 32.2. The van der Waals surface area contributed by atoms with Crippen molar-refractivity contribution in [2.75, 3.05) is 12.8 Å². The molecule has 3 heterocycles. The maximum absolute atomic E-state index is 12.1. The Kier molecular flexibility index (Phi) is 4.51. The summed E-state index contributed by atoms with van der Waals surface area (Å²) in [7, 11) is -3.40. The summed E-state index contributed by atoms with van der Waals surface area (Å²) >= 11 is 1.39. The van der Waals surface area contributed by atoms with Crippen molar-refractivity contribution in [3.05, 3.63) is 29.5 Å². The fourth-order valence-corrected chi connectivity index (χ4v) is 4.39. The van der Waals surface area contributed by atoms with Crippen LogP contribution in [0.4, 0.5) is 0 Å². The highest BCUT2D eigenvalue weighted by Gasteiger charge is 2.37. The SMILES string of the molecule is CS(=O)(=O)N1CCC[C@H]1C(=O)OCc1csc(-c2ccco2)n1. The van der Waals surface area contributed by atoms with Gasteiger partial charge >= 0.3 is 5.97 Å². The summed E-state index contributed by atoms with van der Waals surface area (Å²) in [5.41, 5.74) is 0.610. The van der Waals surface area contributed by atoms with Crippen LogP contribution >= 0.6 is 11.3 Å². The molecule has 1 aliphatic rings. The minimum atomic E-state index is -3.40. The fraction of sp³-hybridized carbons (Fsp3) is 0.429. The van der Waals surface area contributed by atoms with Crippen molar-refractivity contribution in [3.63, 3.8) is 0 Å². The van der Waals surface area contributed by atoms with Gasteiger partial charge in [-0.2, -0.15) is 4.31 Å². The molecule has 7 nitrogen and oxygen atoms in total. The number of ether oxygens (including phenoxy) is 1. The van der Waals surface area contributed by atoms with Crippen LogP contribution in [-0.2, 0) is 26.2 Å². The lowest BCUT2D eigenvalue weighted by Gasteiger charge is -2.20. The third-order valence-electron chi connectivity index (χ3n) is 3.55. The summed E-state index contributed by atoms with van der Waals surface area (Å²) in [6, 6.07) is 2.85. The monoisotopic (exact) mass is 356 g/mol. The van der Waals surface area contributed by atoms with Gasteiger partial charge in [0.25, 0.3) is 0 Å². The average Bonchev–Trinajstić information content (AvgIpc) is 3.22. The van der Waals surface area contributed by atoms with Crippen molar-refractivity contribution in [1.29, 1.82) is 0 Å². The largest absolute Gasteiger partial charge is 0.462 e. The number of carbonyl (C=O) groups is 1. The van der Waals surface area contributed by atoms with Gasteiger partial charge in [0.2, 0.25) is 10.0 Å². The molecule has 124 valence electrons. The molecule has 23 heavy (non-hydrogen) atoms. The molecule has 1 saturated heterocycles. The molecule has 0 N–H and O–H groups in total. The number of hydrogen-bond donors (Lipinski definition) is 0. The number of aromatic nitrogens is 1. The quantitative estimate of drug-likeness (QED) is 0.760. The lowest BCUT2D eigenvalue weighted by atomic mass is 10.2. The first-order valence-corrected chi connectivity index (χ1v) is 9.79. The van der Waals surface area contributed by atoms with E-state index in [1.165, 1.54) is 15.6 Å². The van der Waals surface area contributed by atoms with E-state index in [-0.39, 0.29) is 6.61 Å². The number of rotatable bonds is 5. The van der Waals surface area contributed by atoms with E-state index in [1.54, 1.807) is 23.8 Å². The summed E-state index contributed by atoms with van der Waals surface area (Å²) < 4.78 is 35.0. The normalized spacial score (nSPS) is 19.1. The standard InChI is InChI=1S/C14H16N2O5S2/c1-23(18,19)16-6-2-4-11(16)14(17)21-8-10-9-22-13(15-10)12-5-3-7-20-12/h3,5,7,9,11H,2,4,6,8H2,1H3/t11-/m0/s1. The molecule has 1 fully saturated rings. The zero-order valence-corrected chi connectivity index (χ0v) is 14.1. The molecule has 0 unspecified atom stereocenters. The first kappa shape index (κ1) is 16.2. The number of carbonyl (C=O) groups excluding carboxylic acids is 1. The topological polar surface area (TPSA) is 89.7 Å². The lowest BCUT2D eigenvalue weighted by Crippen LogP contribution is -2.40. The van der Waals surface area contributed by atoms with Gasteiger partial charge in [-0.3, -0.25) is 4.79 Å². The molecule has 0 aliphatic carbocycles. The zero-order chi connectivity index (χ0) is 16.4. The molecule has 1 aliphatic heterocycles. The third kappa shape index (κ3) is 3.62. The molecule has 1 atom stereocenters. The Labute approximate surface area is 137 Å². The number of hydrogen-bond acceptors (Lipinski definition) is 7. The first-order chi connectivity index (χ1) is 10.9. The summed E-state index contributed by atoms with van der Waals surface area (Å²) in [5, 5.41) is 2.49. The highest BCUT2D eigenvalue weighted by molar-refractivity contribution is 7.88. The van der Waals surface area contributed by atoms with Crippen LogP contribution < -0.4 is 0 Å². The fourth-order valence-electron chi connectivity index (χ4n) is 2.50. The minimum absolute atomic E-state index is 0.0180. The van der Waals surface area contributed by atoms with Gasteiger partial charge in [0, 0.05) is 11.9 Å². The second-order valence-electron chi connectivity index (χ2n) is 5.26. The molecule has 0 radical (unpaired) electrons. The van der Waals surface area contributed by atoms with E-state index in [1.807, 2.05) is 0 Å². The number of sulfonamides is 1. The average molecular weight is 356 g/mol. The van der Waals surface area contributed by atoms with Crippen LogP contribution in [-0.4, -0.2) is 42.5 Å². The zero-order valence-electron chi connectivity index (χ0n) is 12.5. The van der Waals surface area contributed by atoms with Crippen molar-refractivity contribution in [1.82, 2.24) is 9.29 Å². The van der Waals surface area contributed by atoms with Gasteiger partial charge in [0.15, 0.2) is 10.8 Å². The Balaban J connectivity index is 1.61. The second kappa shape index (κ2) is 6.42. The van der Waals surface area contributed by atoms with Gasteiger partial charge in [0.05, 0.1) is 18.2 Å². The van der Waals surface area contributed by atoms with E-state index in [4.69, 9.17) is 9.15 Å². The molecule has 0 saturated carbocycles. The van der Waals surface area contributed by atoms with Crippen LogP contribution in [0.25, 0.3) is 10.8 Å². The van der Waals surface area contributed by atoms with Gasteiger partial charge in [-0.15, -0.1) is 11.3 Å². The number of thiazole rings is 1. The second-order valence-corrected chi connectivity index (χ2v) is 8.05. The summed E-state index contributed by atoms with van der Waals surface area (Å²) in [4.78, 5) is 16.5. The Hall–Kier alpha value is -1.71. The smallest absolute Gasteiger partial charge is 0.324 e. The van der Waals surface area contributed by atoms with Crippen LogP contribution in [0.15, 0.2) is 28.2 Å². The molecule has 0 bridgehead atoms. The van der Waals surface area contributed by atoms with E-state index in [0.29, 0.717) is 35.8 Å². The predicted molar refractivity (Wildman–Crippen MR) is 84.2 cm³/mol. The summed E-state index contributed by atoms with van der Waals surface area (Å²) in [5.74, 6) is 0.132. The van der Waals surface area contributed by atoms with Gasteiger partial charge in [0.1, 0.15) is 12.6 Å². The number of esters is 1. The molecule has 0 aromatic carbocycles. The molecule has 2 aromatic rings. The predicted octanol–water partition coefficient (Wildman–Crippen LogP) is 1.87. The van der Waals surface area contributed by atoms with E-state index < -0.39 is 22.0 Å². The summed E-state index contributed by atoms with van der Waals surface area (Å²) in [6.07, 6.45) is 3.82. The Morgan fingerprint density at radius 3 is 3.09 bits per heavy atom. The van der Waals surface area contributed by atoms with Gasteiger partial charge in [-0.25, -0.2) is 13.4 Å². The van der Waals surface area contributed by atoms with Crippen LogP contribution in [0.3, 0.4) is 0 Å². The van der Waals surface area contributed by atoms with Crippen LogP contribution in [0, 0.1) is 0 Å². The molecular weight excluding hydrogens is 340 g/mol. The van der Waals surface area contributed by atoms with Crippen molar-refractivity contribution in [2.24, 2.45) is 0 Å². The molecule has 0 spiro atoms. The van der Waals surface area contributed by atoms with E-state index in [2.05, 4.69) is 4.98 Å². The number of nitrogens with zero attached hydrogens (tertiary/aromatic N) is 2. The molecule has 3 rings (SSSR count). The maximum Gasteiger partial charge on any atom is 0.324 e. The van der Waals surface area contributed by atoms with Gasteiger partial charge < -0.3 is 9.15 Å². The Bertz CT molecular complexity index is 782. The first-order valence-electron chi connectivity index (χ1n) is 7.07. The molecule has 0 amide bonds. The molecular formula is C14H16N2O5S2. The van der Waals surface area contributed by atoms with Crippen LogP contribution in [0.2, 0.25) is 0 Å². The van der Waals surface area contributed by atoms with Crippen molar-refractivity contribution >= 4 is 27.3 Å². The summed E-state index contributed by atoms with van der Waals surface area (Å²) in [6.45, 7) is 0.377. The van der Waals surface area contributed by atoms with Crippen LogP contribution in [0.5, 0.6) is 0 Å². The highest BCUT2D eigenvalue weighted by Crippen LogP contribution is 2.25. The Morgan fingerprint density at radius 1 is 1.57 bits per heavy atom.